The maximum atomic E-state index is 12.3. The van der Waals surface area contributed by atoms with Gasteiger partial charge in [-0.15, -0.1) is 0 Å². The molecule has 1 unspecified atom stereocenters. The molecule has 1 aliphatic rings. The van der Waals surface area contributed by atoms with Crippen molar-refractivity contribution in [3.05, 3.63) is 17.5 Å². The maximum absolute atomic E-state index is 12.3. The minimum atomic E-state index is 0.0300. The fourth-order valence-corrected chi connectivity index (χ4v) is 2.36. The number of rotatable bonds is 2. The SMILES string of the molecule is Cc1cc(C(=O)N2CCOC(CBr)C2)n(C)n1. The molecule has 2 heterocycles. The maximum Gasteiger partial charge on any atom is 0.272 e. The van der Waals surface area contributed by atoms with Crippen molar-refractivity contribution in [2.75, 3.05) is 25.0 Å². The highest BCUT2D eigenvalue weighted by atomic mass is 79.9. The third kappa shape index (κ3) is 2.69. The fraction of sp³-hybridized carbons (Fsp3) is 0.636. The van der Waals surface area contributed by atoms with Crippen LogP contribution in [0.3, 0.4) is 0 Å². The van der Waals surface area contributed by atoms with E-state index >= 15 is 0 Å². The van der Waals surface area contributed by atoms with Crippen LogP contribution in [0.5, 0.6) is 0 Å². The summed E-state index contributed by atoms with van der Waals surface area (Å²) < 4.78 is 7.15. The van der Waals surface area contributed by atoms with Gasteiger partial charge in [-0.05, 0) is 13.0 Å². The van der Waals surface area contributed by atoms with Gasteiger partial charge in [-0.3, -0.25) is 9.48 Å². The summed E-state index contributed by atoms with van der Waals surface area (Å²) in [5.41, 5.74) is 1.50. The summed E-state index contributed by atoms with van der Waals surface area (Å²) in [6.07, 6.45) is 0.0852. The number of aromatic nitrogens is 2. The number of ether oxygens (including phenoxy) is 1. The standard InChI is InChI=1S/C11H16BrN3O2/c1-8-5-10(14(2)13-8)11(16)15-3-4-17-9(6-12)7-15/h5,9H,3-4,6-7H2,1-2H3. The van der Waals surface area contributed by atoms with Crippen LogP contribution in [0.2, 0.25) is 0 Å². The first kappa shape index (κ1) is 12.6. The van der Waals surface area contributed by atoms with E-state index in [1.54, 1.807) is 11.7 Å². The van der Waals surface area contributed by atoms with Gasteiger partial charge in [0, 0.05) is 25.5 Å². The zero-order valence-corrected chi connectivity index (χ0v) is 11.6. The molecular formula is C11H16BrN3O2. The van der Waals surface area contributed by atoms with Crippen molar-refractivity contribution < 1.29 is 9.53 Å². The first-order valence-corrected chi connectivity index (χ1v) is 6.71. The largest absolute Gasteiger partial charge is 0.374 e. The lowest BCUT2D eigenvalue weighted by Gasteiger charge is -2.32. The van der Waals surface area contributed by atoms with Crippen LogP contribution < -0.4 is 0 Å². The number of nitrogens with zero attached hydrogens (tertiary/aromatic N) is 3. The highest BCUT2D eigenvalue weighted by Gasteiger charge is 2.26. The number of hydrogen-bond donors (Lipinski definition) is 0. The van der Waals surface area contributed by atoms with Gasteiger partial charge in [-0.2, -0.15) is 5.10 Å². The van der Waals surface area contributed by atoms with E-state index in [1.165, 1.54) is 0 Å². The van der Waals surface area contributed by atoms with Crippen LogP contribution in [0.25, 0.3) is 0 Å². The summed E-state index contributed by atoms with van der Waals surface area (Å²) in [5.74, 6) is 0.0300. The van der Waals surface area contributed by atoms with Crippen molar-refractivity contribution in [1.29, 1.82) is 0 Å². The molecule has 0 radical (unpaired) electrons. The lowest BCUT2D eigenvalue weighted by Crippen LogP contribution is -2.46. The summed E-state index contributed by atoms with van der Waals surface area (Å²) >= 11 is 3.38. The van der Waals surface area contributed by atoms with Gasteiger partial charge in [0.2, 0.25) is 0 Å². The van der Waals surface area contributed by atoms with Crippen molar-refractivity contribution in [3.63, 3.8) is 0 Å². The van der Waals surface area contributed by atoms with Crippen LogP contribution in [0.1, 0.15) is 16.2 Å². The van der Waals surface area contributed by atoms with E-state index in [9.17, 15) is 4.79 Å². The first-order chi connectivity index (χ1) is 8.11. The normalized spacial score (nSPS) is 20.6. The molecule has 1 amide bonds. The number of morpholine rings is 1. The van der Waals surface area contributed by atoms with E-state index in [-0.39, 0.29) is 12.0 Å². The Labute approximate surface area is 109 Å². The molecule has 1 aromatic rings. The number of carbonyl (C=O) groups excluding carboxylic acids is 1. The molecule has 1 fully saturated rings. The highest BCUT2D eigenvalue weighted by Crippen LogP contribution is 2.12. The van der Waals surface area contributed by atoms with Gasteiger partial charge < -0.3 is 9.64 Å². The van der Waals surface area contributed by atoms with E-state index in [4.69, 9.17) is 4.74 Å². The van der Waals surface area contributed by atoms with Crippen molar-refractivity contribution in [2.45, 2.75) is 13.0 Å². The molecule has 1 atom stereocenters. The van der Waals surface area contributed by atoms with Gasteiger partial charge >= 0.3 is 0 Å². The average molecular weight is 302 g/mol. The summed E-state index contributed by atoms with van der Waals surface area (Å²) in [4.78, 5) is 14.1. The van der Waals surface area contributed by atoms with Gasteiger partial charge in [0.1, 0.15) is 5.69 Å². The number of alkyl halides is 1. The first-order valence-electron chi connectivity index (χ1n) is 5.59. The quantitative estimate of drug-likeness (QED) is 0.765. The Hall–Kier alpha value is -0.880. The topological polar surface area (TPSA) is 47.4 Å². The molecule has 1 aliphatic heterocycles. The Bertz CT molecular complexity index is 419. The zero-order chi connectivity index (χ0) is 12.4. The monoisotopic (exact) mass is 301 g/mol. The molecule has 1 aromatic heterocycles. The smallest absolute Gasteiger partial charge is 0.272 e. The van der Waals surface area contributed by atoms with Crippen molar-refractivity contribution in [2.24, 2.45) is 7.05 Å². The number of hydrogen-bond acceptors (Lipinski definition) is 3. The third-order valence-corrected chi connectivity index (χ3v) is 3.54. The number of carbonyl (C=O) groups is 1. The molecule has 0 aromatic carbocycles. The molecule has 0 bridgehead atoms. The van der Waals surface area contributed by atoms with Gasteiger partial charge in [0.25, 0.3) is 5.91 Å². The average Bonchev–Trinajstić information content (AvgIpc) is 2.67. The summed E-state index contributed by atoms with van der Waals surface area (Å²) in [7, 11) is 1.79. The van der Waals surface area contributed by atoms with Crippen LogP contribution in [-0.4, -0.2) is 51.7 Å². The second kappa shape index (κ2) is 5.18. The van der Waals surface area contributed by atoms with E-state index in [0.29, 0.717) is 25.4 Å². The minimum Gasteiger partial charge on any atom is -0.374 e. The second-order valence-corrected chi connectivity index (χ2v) is 4.84. The van der Waals surface area contributed by atoms with Crippen molar-refractivity contribution in [1.82, 2.24) is 14.7 Å². The Morgan fingerprint density at radius 2 is 2.47 bits per heavy atom. The minimum absolute atomic E-state index is 0.0300. The molecule has 0 N–H and O–H groups in total. The van der Waals surface area contributed by atoms with Crippen LogP contribution >= 0.6 is 15.9 Å². The number of aryl methyl sites for hydroxylation is 2. The zero-order valence-electron chi connectivity index (χ0n) is 10.0. The van der Waals surface area contributed by atoms with Crippen molar-refractivity contribution >= 4 is 21.8 Å². The Morgan fingerprint density at radius 1 is 1.71 bits per heavy atom. The van der Waals surface area contributed by atoms with Gasteiger partial charge in [-0.1, -0.05) is 15.9 Å². The van der Waals surface area contributed by atoms with Gasteiger partial charge in [-0.25, -0.2) is 0 Å². The number of amides is 1. The summed E-state index contributed by atoms with van der Waals surface area (Å²) in [6, 6.07) is 1.82. The fourth-order valence-electron chi connectivity index (χ4n) is 1.97. The van der Waals surface area contributed by atoms with Crippen LogP contribution in [0.15, 0.2) is 6.07 Å². The molecule has 1 saturated heterocycles. The van der Waals surface area contributed by atoms with Gasteiger partial charge in [0.15, 0.2) is 0 Å². The van der Waals surface area contributed by atoms with Crippen LogP contribution in [0.4, 0.5) is 0 Å². The lowest BCUT2D eigenvalue weighted by atomic mass is 10.2. The number of halogens is 1. The molecular weight excluding hydrogens is 286 g/mol. The van der Waals surface area contributed by atoms with E-state index in [2.05, 4.69) is 21.0 Å². The van der Waals surface area contributed by atoms with Crippen molar-refractivity contribution in [3.8, 4) is 0 Å². The lowest BCUT2D eigenvalue weighted by molar-refractivity contribution is -0.0101. The predicted octanol–water partition coefficient (Wildman–Crippen LogP) is 0.964. The van der Waals surface area contributed by atoms with E-state index < -0.39 is 0 Å². The molecule has 5 nitrogen and oxygen atoms in total. The molecule has 17 heavy (non-hydrogen) atoms. The predicted molar refractivity (Wildman–Crippen MR) is 67.4 cm³/mol. The molecule has 2 rings (SSSR count). The molecule has 0 saturated carbocycles. The highest BCUT2D eigenvalue weighted by molar-refractivity contribution is 9.09. The van der Waals surface area contributed by atoms with Crippen LogP contribution in [-0.2, 0) is 11.8 Å². The summed E-state index contributed by atoms with van der Waals surface area (Å²) in [5, 5.41) is 4.95. The third-order valence-electron chi connectivity index (χ3n) is 2.82. The van der Waals surface area contributed by atoms with Gasteiger partial charge in [0.05, 0.1) is 18.4 Å². The molecule has 0 aliphatic carbocycles. The Balaban J connectivity index is 2.12. The van der Waals surface area contributed by atoms with E-state index in [0.717, 1.165) is 11.0 Å². The summed E-state index contributed by atoms with van der Waals surface area (Å²) in [6.45, 7) is 3.76. The second-order valence-electron chi connectivity index (χ2n) is 4.19. The Morgan fingerprint density at radius 3 is 3.06 bits per heavy atom. The molecule has 94 valence electrons. The van der Waals surface area contributed by atoms with E-state index in [1.807, 2.05) is 17.9 Å². The Kier molecular flexibility index (Phi) is 3.83. The van der Waals surface area contributed by atoms with Crippen LogP contribution in [0, 0.1) is 6.92 Å². The molecule has 0 spiro atoms. The molecule has 6 heteroatoms.